The van der Waals surface area contributed by atoms with Gasteiger partial charge in [-0.3, -0.25) is 0 Å². The number of nitrogens with two attached hydrogens (primary N) is 1. The number of nitrogen functional groups attached to an aromatic ring is 1. The zero-order chi connectivity index (χ0) is 13.0. The maximum atomic E-state index is 5.96. The van der Waals surface area contributed by atoms with Crippen molar-refractivity contribution < 1.29 is 0 Å². The minimum Gasteiger partial charge on any atom is -0.396 e. The maximum absolute atomic E-state index is 5.96. The molecule has 0 spiro atoms. The van der Waals surface area contributed by atoms with Crippen LogP contribution in [0.2, 0.25) is 0 Å². The molecule has 18 heavy (non-hydrogen) atoms. The van der Waals surface area contributed by atoms with Gasteiger partial charge in [-0.05, 0) is 38.2 Å². The first-order valence-corrected chi connectivity index (χ1v) is 7.90. The molecule has 3 nitrogen and oxygen atoms in total. The summed E-state index contributed by atoms with van der Waals surface area (Å²) < 4.78 is 0.371. The van der Waals surface area contributed by atoms with Crippen LogP contribution >= 0.6 is 11.8 Å². The van der Waals surface area contributed by atoms with E-state index in [4.69, 9.17) is 5.73 Å². The first-order valence-electron chi connectivity index (χ1n) is 6.67. The molecule has 1 aliphatic carbocycles. The lowest BCUT2D eigenvalue weighted by atomic mass is 9.88. The van der Waals surface area contributed by atoms with Crippen LogP contribution in [-0.2, 0) is 0 Å². The quantitative estimate of drug-likeness (QED) is 0.875. The van der Waals surface area contributed by atoms with Crippen LogP contribution in [0.1, 0.15) is 37.8 Å². The Morgan fingerprint density at radius 2 is 2.06 bits per heavy atom. The van der Waals surface area contributed by atoms with Crippen molar-refractivity contribution in [3.05, 3.63) is 17.8 Å². The monoisotopic (exact) mass is 265 g/mol. The number of pyridine rings is 1. The number of hydrogen-bond donors (Lipinski definition) is 2. The third-order valence-corrected chi connectivity index (χ3v) is 5.26. The molecule has 0 aromatic carbocycles. The van der Waals surface area contributed by atoms with Gasteiger partial charge < -0.3 is 11.1 Å². The average Bonchev–Trinajstić information content (AvgIpc) is 2.41. The highest BCUT2D eigenvalue weighted by Gasteiger charge is 2.31. The second-order valence-electron chi connectivity index (χ2n) is 5.19. The number of thioether (sulfide) groups is 1. The molecule has 3 N–H and O–H groups in total. The number of anilines is 2. The van der Waals surface area contributed by atoms with Crippen LogP contribution in [0, 0.1) is 6.92 Å². The summed E-state index contributed by atoms with van der Waals surface area (Å²) >= 11 is 1.99. The van der Waals surface area contributed by atoms with E-state index in [9.17, 15) is 0 Å². The van der Waals surface area contributed by atoms with Gasteiger partial charge in [0.2, 0.25) is 0 Å². The van der Waals surface area contributed by atoms with Gasteiger partial charge in [-0.2, -0.15) is 11.8 Å². The number of nitrogens with one attached hydrogen (secondary N) is 1. The van der Waals surface area contributed by atoms with E-state index in [1.165, 1.54) is 32.1 Å². The zero-order valence-corrected chi connectivity index (χ0v) is 12.1. The number of hydrogen-bond acceptors (Lipinski definition) is 4. The Labute approximate surface area is 114 Å². The van der Waals surface area contributed by atoms with Crippen molar-refractivity contribution in [1.29, 1.82) is 0 Å². The van der Waals surface area contributed by atoms with E-state index in [-0.39, 0.29) is 0 Å². The van der Waals surface area contributed by atoms with Crippen LogP contribution in [0.15, 0.2) is 12.1 Å². The van der Waals surface area contributed by atoms with Crippen molar-refractivity contribution in [2.45, 2.75) is 43.8 Å². The summed E-state index contributed by atoms with van der Waals surface area (Å²) in [5.74, 6) is 0.842. The fourth-order valence-electron chi connectivity index (χ4n) is 2.60. The lowest BCUT2D eigenvalue weighted by Crippen LogP contribution is -2.35. The van der Waals surface area contributed by atoms with E-state index < -0.39 is 0 Å². The topological polar surface area (TPSA) is 50.9 Å². The number of nitrogens with zero attached hydrogens (tertiary/aromatic N) is 1. The Hall–Kier alpha value is -0.900. The van der Waals surface area contributed by atoms with E-state index in [2.05, 4.69) is 16.6 Å². The Bertz CT molecular complexity index is 400. The molecule has 1 aromatic heterocycles. The average molecular weight is 265 g/mol. The second-order valence-corrected chi connectivity index (χ2v) is 6.47. The molecule has 2 rings (SSSR count). The van der Waals surface area contributed by atoms with Gasteiger partial charge in [0.1, 0.15) is 5.82 Å². The van der Waals surface area contributed by atoms with Gasteiger partial charge in [0.05, 0.1) is 5.69 Å². The number of aromatic nitrogens is 1. The molecule has 1 aliphatic rings. The van der Waals surface area contributed by atoms with E-state index >= 15 is 0 Å². The van der Waals surface area contributed by atoms with Gasteiger partial charge >= 0.3 is 0 Å². The summed E-state index contributed by atoms with van der Waals surface area (Å²) in [5.41, 5.74) is 7.71. The predicted octanol–water partition coefficient (Wildman–Crippen LogP) is 3.45. The van der Waals surface area contributed by atoms with E-state index in [1.807, 2.05) is 30.8 Å². The molecule has 0 bridgehead atoms. The molecule has 0 unspecified atom stereocenters. The highest BCUT2D eigenvalue weighted by Crippen LogP contribution is 2.38. The van der Waals surface area contributed by atoms with Gasteiger partial charge in [0.25, 0.3) is 0 Å². The Kier molecular flexibility index (Phi) is 4.38. The molecule has 0 saturated heterocycles. The SMILES string of the molecule is CSC1(CNc2nc(C)ccc2N)CCCCC1. The van der Waals surface area contributed by atoms with Gasteiger partial charge in [-0.25, -0.2) is 4.98 Å². The van der Waals surface area contributed by atoms with Crippen molar-refractivity contribution in [2.24, 2.45) is 0 Å². The summed E-state index contributed by atoms with van der Waals surface area (Å²) in [6, 6.07) is 3.88. The smallest absolute Gasteiger partial charge is 0.149 e. The Morgan fingerprint density at radius 3 is 2.72 bits per heavy atom. The Balaban J connectivity index is 2.03. The van der Waals surface area contributed by atoms with E-state index in [0.29, 0.717) is 4.75 Å². The van der Waals surface area contributed by atoms with Crippen molar-refractivity contribution >= 4 is 23.3 Å². The highest BCUT2D eigenvalue weighted by atomic mass is 32.2. The van der Waals surface area contributed by atoms with Crippen LogP contribution in [0.3, 0.4) is 0 Å². The maximum Gasteiger partial charge on any atom is 0.149 e. The highest BCUT2D eigenvalue weighted by molar-refractivity contribution is 8.00. The van der Waals surface area contributed by atoms with Gasteiger partial charge in [-0.1, -0.05) is 19.3 Å². The fraction of sp³-hybridized carbons (Fsp3) is 0.643. The lowest BCUT2D eigenvalue weighted by Gasteiger charge is -2.36. The van der Waals surface area contributed by atoms with Crippen LogP contribution in [0.5, 0.6) is 0 Å². The van der Waals surface area contributed by atoms with Gasteiger partial charge in [0, 0.05) is 17.0 Å². The molecule has 1 heterocycles. The molecular weight excluding hydrogens is 242 g/mol. The van der Waals surface area contributed by atoms with Crippen molar-refractivity contribution in [1.82, 2.24) is 4.98 Å². The molecule has 1 saturated carbocycles. The van der Waals surface area contributed by atoms with E-state index in [1.54, 1.807) is 0 Å². The summed E-state index contributed by atoms with van der Waals surface area (Å²) in [6.07, 6.45) is 8.89. The molecule has 4 heteroatoms. The molecule has 100 valence electrons. The third-order valence-electron chi connectivity index (χ3n) is 3.84. The van der Waals surface area contributed by atoms with Crippen LogP contribution in [0.25, 0.3) is 0 Å². The molecule has 0 atom stereocenters. The largest absolute Gasteiger partial charge is 0.396 e. The summed E-state index contributed by atoms with van der Waals surface area (Å²) in [6.45, 7) is 2.96. The fourth-order valence-corrected chi connectivity index (χ4v) is 3.52. The summed E-state index contributed by atoms with van der Waals surface area (Å²) in [4.78, 5) is 4.48. The van der Waals surface area contributed by atoms with Crippen molar-refractivity contribution in [3.8, 4) is 0 Å². The first-order chi connectivity index (χ1) is 8.65. The molecule has 0 aliphatic heterocycles. The van der Waals surface area contributed by atoms with Crippen LogP contribution < -0.4 is 11.1 Å². The second kappa shape index (κ2) is 5.83. The lowest BCUT2D eigenvalue weighted by molar-refractivity contribution is 0.411. The zero-order valence-electron chi connectivity index (χ0n) is 11.3. The van der Waals surface area contributed by atoms with Gasteiger partial charge in [-0.15, -0.1) is 0 Å². The molecule has 0 amide bonds. The van der Waals surface area contributed by atoms with Crippen LogP contribution in [-0.4, -0.2) is 22.5 Å². The van der Waals surface area contributed by atoms with E-state index in [0.717, 1.165) is 23.7 Å². The predicted molar refractivity (Wildman–Crippen MR) is 81.2 cm³/mol. The minimum absolute atomic E-state index is 0.371. The standard InChI is InChI=1S/C14H23N3S/c1-11-6-7-12(15)13(17-11)16-10-14(18-2)8-4-3-5-9-14/h6-7H,3-5,8-10,15H2,1-2H3,(H,16,17). The molecular formula is C14H23N3S. The van der Waals surface area contributed by atoms with Gasteiger partial charge in [0.15, 0.2) is 0 Å². The number of aryl methyl sites for hydroxylation is 1. The normalized spacial score (nSPS) is 18.6. The van der Waals surface area contributed by atoms with Crippen LogP contribution in [0.4, 0.5) is 11.5 Å². The molecule has 1 fully saturated rings. The summed E-state index contributed by atoms with van der Waals surface area (Å²) in [5, 5.41) is 3.46. The third kappa shape index (κ3) is 3.10. The minimum atomic E-state index is 0.371. The number of rotatable bonds is 4. The van der Waals surface area contributed by atoms with Crippen molar-refractivity contribution in [2.75, 3.05) is 23.9 Å². The molecule has 0 radical (unpaired) electrons. The van der Waals surface area contributed by atoms with Crippen molar-refractivity contribution in [3.63, 3.8) is 0 Å². The Morgan fingerprint density at radius 1 is 1.33 bits per heavy atom. The summed E-state index contributed by atoms with van der Waals surface area (Å²) in [7, 11) is 0. The molecule has 1 aromatic rings. The first kappa shape index (κ1) is 13.5.